The summed E-state index contributed by atoms with van der Waals surface area (Å²) in [7, 11) is 0. The molecule has 0 aliphatic heterocycles. The zero-order valence-electron chi connectivity index (χ0n) is 7.96. The predicted molar refractivity (Wildman–Crippen MR) is 57.2 cm³/mol. The molecule has 6 heteroatoms. The molecule has 2 N–H and O–H groups in total. The highest BCUT2D eigenvalue weighted by Gasteiger charge is 2.19. The molecule has 1 aromatic heterocycles. The number of carboxylic acid groups (broad SMARTS) is 1. The van der Waals surface area contributed by atoms with Crippen molar-refractivity contribution in [3.8, 4) is 11.4 Å². The standard InChI is InChI=1S/C10H7ClN2O3/c11-6-3-1-2-4-7(6)13-9(10(15)16)8(14)5-12-13/h1-5,14H,(H,15,16). The van der Waals surface area contributed by atoms with Crippen LogP contribution in [0.1, 0.15) is 10.5 Å². The Labute approximate surface area is 95.5 Å². The van der Waals surface area contributed by atoms with E-state index in [1.165, 1.54) is 0 Å². The fourth-order valence-electron chi connectivity index (χ4n) is 1.35. The fraction of sp³-hybridized carbons (Fsp3) is 0. The molecule has 0 radical (unpaired) electrons. The first kappa shape index (κ1) is 10.5. The number of hydrogen-bond acceptors (Lipinski definition) is 3. The molecule has 0 bridgehead atoms. The average Bonchev–Trinajstić information content (AvgIpc) is 2.61. The highest BCUT2D eigenvalue weighted by molar-refractivity contribution is 6.32. The quantitative estimate of drug-likeness (QED) is 0.838. The summed E-state index contributed by atoms with van der Waals surface area (Å²) in [5.74, 6) is -1.66. The van der Waals surface area contributed by atoms with E-state index in [-0.39, 0.29) is 5.69 Å². The van der Waals surface area contributed by atoms with Crippen molar-refractivity contribution in [1.29, 1.82) is 0 Å². The van der Waals surface area contributed by atoms with Gasteiger partial charge in [-0.25, -0.2) is 9.48 Å². The maximum Gasteiger partial charge on any atom is 0.358 e. The lowest BCUT2D eigenvalue weighted by atomic mass is 10.3. The van der Waals surface area contributed by atoms with Crippen molar-refractivity contribution in [3.63, 3.8) is 0 Å². The van der Waals surface area contributed by atoms with Gasteiger partial charge in [-0.2, -0.15) is 5.10 Å². The molecule has 1 heterocycles. The Hall–Kier alpha value is -2.01. The minimum Gasteiger partial charge on any atom is -0.504 e. The van der Waals surface area contributed by atoms with Crippen molar-refractivity contribution >= 4 is 17.6 Å². The predicted octanol–water partition coefficient (Wildman–Crippen LogP) is 1.93. The zero-order chi connectivity index (χ0) is 11.7. The van der Waals surface area contributed by atoms with E-state index in [0.29, 0.717) is 10.7 Å². The summed E-state index contributed by atoms with van der Waals surface area (Å²) < 4.78 is 1.08. The van der Waals surface area contributed by atoms with Crippen LogP contribution in [0.3, 0.4) is 0 Å². The molecule has 0 unspecified atom stereocenters. The number of benzene rings is 1. The van der Waals surface area contributed by atoms with Crippen LogP contribution in [0.4, 0.5) is 0 Å². The number of aromatic nitrogens is 2. The van der Waals surface area contributed by atoms with Gasteiger partial charge in [-0.3, -0.25) is 0 Å². The van der Waals surface area contributed by atoms with Crippen molar-refractivity contribution in [2.45, 2.75) is 0 Å². The van der Waals surface area contributed by atoms with Gasteiger partial charge in [0.25, 0.3) is 0 Å². The van der Waals surface area contributed by atoms with Crippen molar-refractivity contribution in [1.82, 2.24) is 9.78 Å². The molecule has 0 atom stereocenters. The fourth-order valence-corrected chi connectivity index (χ4v) is 1.56. The molecule has 5 nitrogen and oxygen atoms in total. The van der Waals surface area contributed by atoms with Crippen LogP contribution in [0.25, 0.3) is 5.69 Å². The van der Waals surface area contributed by atoms with E-state index in [9.17, 15) is 9.90 Å². The molecule has 0 aliphatic carbocycles. The summed E-state index contributed by atoms with van der Waals surface area (Å²) in [6.45, 7) is 0. The van der Waals surface area contributed by atoms with Gasteiger partial charge in [-0.15, -0.1) is 0 Å². The van der Waals surface area contributed by atoms with Crippen LogP contribution in [-0.2, 0) is 0 Å². The van der Waals surface area contributed by atoms with Gasteiger partial charge in [0.05, 0.1) is 16.9 Å². The Balaban J connectivity index is 2.66. The second-order valence-electron chi connectivity index (χ2n) is 3.05. The third-order valence-electron chi connectivity index (χ3n) is 2.03. The zero-order valence-corrected chi connectivity index (χ0v) is 8.72. The van der Waals surface area contributed by atoms with Gasteiger partial charge in [-0.05, 0) is 12.1 Å². The monoisotopic (exact) mass is 238 g/mol. The van der Waals surface area contributed by atoms with Gasteiger partial charge in [0.1, 0.15) is 0 Å². The van der Waals surface area contributed by atoms with E-state index >= 15 is 0 Å². The number of aromatic hydroxyl groups is 1. The van der Waals surface area contributed by atoms with Gasteiger partial charge in [0, 0.05) is 0 Å². The van der Waals surface area contributed by atoms with E-state index in [2.05, 4.69) is 5.10 Å². The smallest absolute Gasteiger partial charge is 0.358 e. The Morgan fingerprint density at radius 3 is 2.69 bits per heavy atom. The third kappa shape index (κ3) is 1.61. The van der Waals surface area contributed by atoms with Crippen LogP contribution in [-0.4, -0.2) is 26.0 Å². The lowest BCUT2D eigenvalue weighted by molar-refractivity contribution is 0.0684. The maximum absolute atomic E-state index is 10.9. The number of carbonyl (C=O) groups is 1. The van der Waals surface area contributed by atoms with Gasteiger partial charge in [-0.1, -0.05) is 23.7 Å². The van der Waals surface area contributed by atoms with E-state index in [0.717, 1.165) is 10.9 Å². The average molecular weight is 239 g/mol. The molecule has 1 aromatic carbocycles. The Bertz CT molecular complexity index is 551. The largest absolute Gasteiger partial charge is 0.504 e. The minimum atomic E-state index is -1.27. The minimum absolute atomic E-state index is 0.312. The third-order valence-corrected chi connectivity index (χ3v) is 2.35. The van der Waals surface area contributed by atoms with Crippen LogP contribution in [0, 0.1) is 0 Å². The van der Waals surface area contributed by atoms with Gasteiger partial charge in [0.2, 0.25) is 0 Å². The lowest BCUT2D eigenvalue weighted by Gasteiger charge is -2.05. The van der Waals surface area contributed by atoms with Gasteiger partial charge < -0.3 is 10.2 Å². The molecular formula is C10H7ClN2O3. The maximum atomic E-state index is 10.9. The van der Waals surface area contributed by atoms with Crippen molar-refractivity contribution in [3.05, 3.63) is 41.2 Å². The Morgan fingerprint density at radius 2 is 2.06 bits per heavy atom. The summed E-state index contributed by atoms with van der Waals surface area (Å²) in [5.41, 5.74) is 0.0926. The molecule has 0 amide bonds. The number of rotatable bonds is 2. The molecule has 0 saturated carbocycles. The first-order valence-corrected chi connectivity index (χ1v) is 4.74. The molecule has 82 valence electrons. The number of carboxylic acids is 1. The summed E-state index contributed by atoms with van der Waals surface area (Å²) >= 11 is 5.91. The second-order valence-corrected chi connectivity index (χ2v) is 3.45. The van der Waals surface area contributed by atoms with E-state index in [1.807, 2.05) is 0 Å². The molecule has 0 fully saturated rings. The summed E-state index contributed by atoms with van der Waals surface area (Å²) in [6, 6.07) is 6.64. The van der Waals surface area contributed by atoms with Crippen LogP contribution >= 0.6 is 11.6 Å². The SMILES string of the molecule is O=C(O)c1c(O)cnn1-c1ccccc1Cl. The number of aromatic carboxylic acids is 1. The number of hydrogen-bond donors (Lipinski definition) is 2. The van der Waals surface area contributed by atoms with E-state index < -0.39 is 11.7 Å². The van der Waals surface area contributed by atoms with Crippen molar-refractivity contribution < 1.29 is 15.0 Å². The van der Waals surface area contributed by atoms with Crippen LogP contribution < -0.4 is 0 Å². The highest BCUT2D eigenvalue weighted by atomic mass is 35.5. The van der Waals surface area contributed by atoms with Crippen molar-refractivity contribution in [2.75, 3.05) is 0 Å². The van der Waals surface area contributed by atoms with Gasteiger partial charge >= 0.3 is 5.97 Å². The first-order valence-electron chi connectivity index (χ1n) is 4.36. The van der Waals surface area contributed by atoms with E-state index in [1.54, 1.807) is 24.3 Å². The number of para-hydroxylation sites is 1. The summed E-state index contributed by atoms with van der Waals surface area (Å²) in [4.78, 5) is 10.9. The topological polar surface area (TPSA) is 75.3 Å². The molecule has 0 aliphatic rings. The summed E-state index contributed by atoms with van der Waals surface area (Å²) in [5, 5.41) is 22.4. The molecule has 2 aromatic rings. The Morgan fingerprint density at radius 1 is 1.38 bits per heavy atom. The molecular weight excluding hydrogens is 232 g/mol. The number of halogens is 1. The highest BCUT2D eigenvalue weighted by Crippen LogP contribution is 2.24. The van der Waals surface area contributed by atoms with Crippen LogP contribution in [0.2, 0.25) is 5.02 Å². The Kier molecular flexibility index (Phi) is 2.54. The van der Waals surface area contributed by atoms with Crippen LogP contribution in [0.15, 0.2) is 30.5 Å². The first-order chi connectivity index (χ1) is 7.61. The van der Waals surface area contributed by atoms with Crippen LogP contribution in [0.5, 0.6) is 5.75 Å². The molecule has 0 spiro atoms. The molecule has 2 rings (SSSR count). The normalized spacial score (nSPS) is 10.3. The van der Waals surface area contributed by atoms with Gasteiger partial charge in [0.15, 0.2) is 11.4 Å². The number of nitrogens with zero attached hydrogens (tertiary/aromatic N) is 2. The lowest BCUT2D eigenvalue weighted by Crippen LogP contribution is -2.08. The second kappa shape index (κ2) is 3.86. The molecule has 0 saturated heterocycles. The summed E-state index contributed by atoms with van der Waals surface area (Å²) in [6.07, 6.45) is 1.06. The van der Waals surface area contributed by atoms with Crippen molar-refractivity contribution in [2.24, 2.45) is 0 Å². The molecule has 16 heavy (non-hydrogen) atoms. The van der Waals surface area contributed by atoms with E-state index in [4.69, 9.17) is 16.7 Å².